The number of rotatable bonds is 4. The SMILES string of the molecule is COC1(C(O)Cc2ccccc2F)CCOCC1. The summed E-state index contributed by atoms with van der Waals surface area (Å²) in [6, 6.07) is 6.52. The highest BCUT2D eigenvalue weighted by molar-refractivity contribution is 5.19. The van der Waals surface area contributed by atoms with Crippen LogP contribution in [0.25, 0.3) is 0 Å². The second-order valence-electron chi connectivity index (χ2n) is 4.69. The molecule has 3 nitrogen and oxygen atoms in total. The molecule has 2 rings (SSSR count). The van der Waals surface area contributed by atoms with Crippen molar-refractivity contribution in [3.63, 3.8) is 0 Å². The number of ether oxygens (including phenoxy) is 2. The van der Waals surface area contributed by atoms with Crippen molar-refractivity contribution in [3.8, 4) is 0 Å². The Morgan fingerprint density at radius 1 is 1.39 bits per heavy atom. The number of hydrogen-bond acceptors (Lipinski definition) is 3. The lowest BCUT2D eigenvalue weighted by molar-refractivity contribution is -0.151. The zero-order valence-electron chi connectivity index (χ0n) is 10.6. The van der Waals surface area contributed by atoms with E-state index in [0.717, 1.165) is 0 Å². The van der Waals surface area contributed by atoms with Crippen LogP contribution in [-0.2, 0) is 15.9 Å². The number of aliphatic hydroxyl groups is 1. The molecule has 4 heteroatoms. The number of methoxy groups -OCH3 is 1. The van der Waals surface area contributed by atoms with Crippen molar-refractivity contribution >= 4 is 0 Å². The van der Waals surface area contributed by atoms with E-state index < -0.39 is 11.7 Å². The van der Waals surface area contributed by atoms with Crippen LogP contribution in [0.2, 0.25) is 0 Å². The molecule has 1 atom stereocenters. The van der Waals surface area contributed by atoms with Crippen LogP contribution < -0.4 is 0 Å². The van der Waals surface area contributed by atoms with Gasteiger partial charge in [-0.05, 0) is 11.6 Å². The Balaban J connectivity index is 2.10. The highest BCUT2D eigenvalue weighted by Crippen LogP contribution is 2.30. The normalized spacial score (nSPS) is 20.6. The topological polar surface area (TPSA) is 38.7 Å². The quantitative estimate of drug-likeness (QED) is 0.892. The van der Waals surface area contributed by atoms with Gasteiger partial charge in [0.05, 0.1) is 11.7 Å². The molecule has 1 N–H and O–H groups in total. The Bertz CT molecular complexity index is 388. The molecule has 0 amide bonds. The maximum Gasteiger partial charge on any atom is 0.126 e. The van der Waals surface area contributed by atoms with Gasteiger partial charge in [0.15, 0.2) is 0 Å². The molecule has 1 aromatic rings. The largest absolute Gasteiger partial charge is 0.390 e. The average Bonchev–Trinajstić information content (AvgIpc) is 2.42. The van der Waals surface area contributed by atoms with E-state index in [0.29, 0.717) is 31.6 Å². The molecule has 1 unspecified atom stereocenters. The summed E-state index contributed by atoms with van der Waals surface area (Å²) in [6.45, 7) is 1.14. The van der Waals surface area contributed by atoms with Gasteiger partial charge < -0.3 is 14.6 Å². The van der Waals surface area contributed by atoms with E-state index in [1.807, 2.05) is 0 Å². The lowest BCUT2D eigenvalue weighted by Gasteiger charge is -2.39. The maximum atomic E-state index is 13.6. The summed E-state index contributed by atoms with van der Waals surface area (Å²) in [4.78, 5) is 0. The first-order chi connectivity index (χ1) is 8.68. The monoisotopic (exact) mass is 254 g/mol. The van der Waals surface area contributed by atoms with Gasteiger partial charge in [-0.1, -0.05) is 18.2 Å². The molecule has 0 aliphatic carbocycles. The summed E-state index contributed by atoms with van der Waals surface area (Å²) < 4.78 is 24.4. The summed E-state index contributed by atoms with van der Waals surface area (Å²) in [6.07, 6.45) is 0.821. The van der Waals surface area contributed by atoms with Crippen LogP contribution in [0, 0.1) is 5.82 Å². The van der Waals surface area contributed by atoms with Crippen molar-refractivity contribution in [3.05, 3.63) is 35.6 Å². The number of hydrogen-bond donors (Lipinski definition) is 1. The smallest absolute Gasteiger partial charge is 0.126 e. The third-order valence-corrected chi connectivity index (χ3v) is 3.72. The summed E-state index contributed by atoms with van der Waals surface area (Å²) in [7, 11) is 1.59. The molecule has 1 fully saturated rings. The zero-order chi connectivity index (χ0) is 13.0. The van der Waals surface area contributed by atoms with Crippen molar-refractivity contribution in [2.24, 2.45) is 0 Å². The van der Waals surface area contributed by atoms with Gasteiger partial charge in [-0.25, -0.2) is 4.39 Å². The molecule has 1 saturated heterocycles. The van der Waals surface area contributed by atoms with Crippen molar-refractivity contribution in [1.29, 1.82) is 0 Å². The van der Waals surface area contributed by atoms with Gasteiger partial charge in [0.25, 0.3) is 0 Å². The fourth-order valence-corrected chi connectivity index (χ4v) is 2.45. The maximum absolute atomic E-state index is 13.6. The Labute approximate surface area is 107 Å². The molecule has 0 saturated carbocycles. The lowest BCUT2D eigenvalue weighted by atomic mass is 9.84. The second kappa shape index (κ2) is 5.78. The van der Waals surface area contributed by atoms with Crippen LogP contribution in [0.1, 0.15) is 18.4 Å². The molecular formula is C14H19FO3. The first kappa shape index (κ1) is 13.5. The number of aliphatic hydroxyl groups excluding tert-OH is 1. The molecule has 1 aliphatic rings. The van der Waals surface area contributed by atoms with E-state index in [1.54, 1.807) is 25.3 Å². The van der Waals surface area contributed by atoms with Gasteiger partial charge in [0.1, 0.15) is 5.82 Å². The van der Waals surface area contributed by atoms with Crippen molar-refractivity contribution in [1.82, 2.24) is 0 Å². The Hall–Kier alpha value is -0.970. The third-order valence-electron chi connectivity index (χ3n) is 3.72. The summed E-state index contributed by atoms with van der Waals surface area (Å²) in [5.74, 6) is -0.283. The molecule has 0 aromatic heterocycles. The van der Waals surface area contributed by atoms with E-state index in [1.165, 1.54) is 6.07 Å². The van der Waals surface area contributed by atoms with Crippen molar-refractivity contribution in [2.45, 2.75) is 31.0 Å². The van der Waals surface area contributed by atoms with E-state index in [4.69, 9.17) is 9.47 Å². The fourth-order valence-electron chi connectivity index (χ4n) is 2.45. The van der Waals surface area contributed by atoms with Crippen LogP contribution in [0.5, 0.6) is 0 Å². The minimum Gasteiger partial charge on any atom is -0.390 e. The fraction of sp³-hybridized carbons (Fsp3) is 0.571. The predicted octanol–water partition coefficient (Wildman–Crippen LogP) is 1.92. The number of halogens is 1. The van der Waals surface area contributed by atoms with Gasteiger partial charge in [0, 0.05) is 39.6 Å². The molecule has 0 spiro atoms. The van der Waals surface area contributed by atoms with Crippen LogP contribution in [-0.4, -0.2) is 37.1 Å². The van der Waals surface area contributed by atoms with Crippen LogP contribution in [0.15, 0.2) is 24.3 Å². The Morgan fingerprint density at radius 3 is 2.67 bits per heavy atom. The van der Waals surface area contributed by atoms with Gasteiger partial charge in [-0.2, -0.15) is 0 Å². The van der Waals surface area contributed by atoms with Gasteiger partial charge in [0.2, 0.25) is 0 Å². The zero-order valence-corrected chi connectivity index (χ0v) is 10.6. The minimum atomic E-state index is -0.719. The Morgan fingerprint density at radius 2 is 2.06 bits per heavy atom. The van der Waals surface area contributed by atoms with Gasteiger partial charge in [-0.3, -0.25) is 0 Å². The molecule has 1 aromatic carbocycles. The predicted molar refractivity (Wildman–Crippen MR) is 65.9 cm³/mol. The average molecular weight is 254 g/mol. The second-order valence-corrected chi connectivity index (χ2v) is 4.69. The molecular weight excluding hydrogens is 235 g/mol. The highest BCUT2D eigenvalue weighted by atomic mass is 19.1. The van der Waals surface area contributed by atoms with Crippen LogP contribution >= 0.6 is 0 Å². The summed E-state index contributed by atoms with van der Waals surface area (Å²) in [5, 5.41) is 10.4. The lowest BCUT2D eigenvalue weighted by Crippen LogP contribution is -2.49. The summed E-state index contributed by atoms with van der Waals surface area (Å²) >= 11 is 0. The molecule has 0 radical (unpaired) electrons. The minimum absolute atomic E-state index is 0.264. The third kappa shape index (κ3) is 2.71. The molecule has 18 heavy (non-hydrogen) atoms. The standard InChI is InChI=1S/C14H19FO3/c1-17-14(6-8-18-9-7-14)13(16)10-11-4-2-3-5-12(11)15/h2-5,13,16H,6-10H2,1H3. The first-order valence-electron chi connectivity index (χ1n) is 6.22. The van der Waals surface area contributed by atoms with Gasteiger partial charge >= 0.3 is 0 Å². The molecule has 0 bridgehead atoms. The van der Waals surface area contributed by atoms with E-state index >= 15 is 0 Å². The van der Waals surface area contributed by atoms with Crippen LogP contribution in [0.4, 0.5) is 4.39 Å². The van der Waals surface area contributed by atoms with Crippen molar-refractivity contribution < 1.29 is 19.0 Å². The number of benzene rings is 1. The molecule has 100 valence electrons. The highest BCUT2D eigenvalue weighted by Gasteiger charge is 2.39. The Kier molecular flexibility index (Phi) is 4.32. The van der Waals surface area contributed by atoms with Crippen LogP contribution in [0.3, 0.4) is 0 Å². The van der Waals surface area contributed by atoms with Gasteiger partial charge in [-0.15, -0.1) is 0 Å². The van der Waals surface area contributed by atoms with Crippen molar-refractivity contribution in [2.75, 3.05) is 20.3 Å². The first-order valence-corrected chi connectivity index (χ1v) is 6.22. The molecule has 1 aliphatic heterocycles. The van der Waals surface area contributed by atoms with E-state index in [-0.39, 0.29) is 12.2 Å². The van der Waals surface area contributed by atoms with E-state index in [9.17, 15) is 9.50 Å². The van der Waals surface area contributed by atoms with E-state index in [2.05, 4.69) is 0 Å². The summed E-state index contributed by atoms with van der Waals surface area (Å²) in [5.41, 5.74) is -0.0894. The molecule has 1 heterocycles.